The number of hydrogen-bond acceptors (Lipinski definition) is 5. The smallest absolute Gasteiger partial charge is 0.317 e. The predicted molar refractivity (Wildman–Crippen MR) is 179 cm³/mol. The van der Waals surface area contributed by atoms with E-state index < -0.39 is 11.9 Å². The number of carbonyl (C=O) groups is 2. The summed E-state index contributed by atoms with van der Waals surface area (Å²) in [6, 6.07) is 26.7. The number of benzene rings is 3. The van der Waals surface area contributed by atoms with Crippen molar-refractivity contribution in [3.8, 4) is 11.8 Å². The Hall–Kier alpha value is -4.74. The number of aromatic nitrogens is 2. The molecule has 2 heterocycles. The minimum absolute atomic E-state index is 0.00388. The molecule has 1 saturated heterocycles. The van der Waals surface area contributed by atoms with Crippen molar-refractivity contribution in [2.75, 3.05) is 23.7 Å². The van der Waals surface area contributed by atoms with E-state index in [4.69, 9.17) is 5.10 Å². The Labute approximate surface area is 265 Å². The molecule has 0 radical (unpaired) electrons. The second-order valence-corrected chi connectivity index (χ2v) is 13.0. The Balaban J connectivity index is 1.47. The zero-order chi connectivity index (χ0) is 32.1. The van der Waals surface area contributed by atoms with Crippen LogP contribution in [-0.2, 0) is 5.41 Å². The topological polar surface area (TPSA) is 112 Å². The molecule has 5 rings (SSSR count). The van der Waals surface area contributed by atoms with Crippen LogP contribution in [0, 0.1) is 24.2 Å². The first-order chi connectivity index (χ1) is 21.5. The van der Waals surface area contributed by atoms with Crippen molar-refractivity contribution in [1.29, 1.82) is 5.26 Å². The van der Waals surface area contributed by atoms with Gasteiger partial charge in [-0.2, -0.15) is 10.4 Å². The number of nitrogens with zero attached hydrogens (tertiary/aromatic N) is 3. The zero-order valence-corrected chi connectivity index (χ0v) is 26.7. The largest absolute Gasteiger partial charge is 0.324 e. The maximum atomic E-state index is 14.3. The third kappa shape index (κ3) is 7.33. The Morgan fingerprint density at radius 3 is 2.38 bits per heavy atom. The van der Waals surface area contributed by atoms with Crippen LogP contribution >= 0.6 is 0 Å². The van der Waals surface area contributed by atoms with Gasteiger partial charge in [-0.1, -0.05) is 74.9 Å². The standard InChI is InChI=1S/C37H42N6O2/c1-24-13-15-29(16-14-24)43-33(22-32(42-43)37(3,4)5)41-36(45)40-31-12-7-6-11-30(31)34(26-17-19-39-20-18-26)35(44)28-10-8-9-27(21-28)25(2)23-38/h6-16,21-22,25-26,34,39H,17-20H2,1-5H3,(H2,40,41,45). The third-order valence-electron chi connectivity index (χ3n) is 8.54. The quantitative estimate of drug-likeness (QED) is 0.179. The summed E-state index contributed by atoms with van der Waals surface area (Å²) >= 11 is 0. The molecule has 45 heavy (non-hydrogen) atoms. The molecule has 1 aliphatic heterocycles. The maximum Gasteiger partial charge on any atom is 0.324 e. The number of urea groups is 1. The van der Waals surface area contributed by atoms with Crippen molar-refractivity contribution in [2.45, 2.75) is 64.7 Å². The van der Waals surface area contributed by atoms with Crippen molar-refractivity contribution in [1.82, 2.24) is 15.1 Å². The molecule has 232 valence electrons. The molecule has 0 aliphatic carbocycles. The fourth-order valence-corrected chi connectivity index (χ4v) is 5.87. The highest BCUT2D eigenvalue weighted by Gasteiger charge is 2.34. The van der Waals surface area contributed by atoms with E-state index >= 15 is 0 Å². The van der Waals surface area contributed by atoms with E-state index in [2.05, 4.69) is 42.8 Å². The number of hydrogen-bond donors (Lipinski definition) is 3. The summed E-state index contributed by atoms with van der Waals surface area (Å²) in [4.78, 5) is 27.9. The van der Waals surface area contributed by atoms with Crippen LogP contribution in [0.15, 0.2) is 78.9 Å². The van der Waals surface area contributed by atoms with Gasteiger partial charge in [0.05, 0.1) is 29.3 Å². The van der Waals surface area contributed by atoms with Crippen molar-refractivity contribution >= 4 is 23.3 Å². The number of rotatable bonds is 8. The highest BCUT2D eigenvalue weighted by atomic mass is 16.2. The average molecular weight is 603 g/mol. The second kappa shape index (κ2) is 13.5. The van der Waals surface area contributed by atoms with Gasteiger partial charge in [-0.05, 0) is 81.1 Å². The molecule has 1 aromatic heterocycles. The van der Waals surface area contributed by atoms with Gasteiger partial charge in [0.25, 0.3) is 0 Å². The average Bonchev–Trinajstić information content (AvgIpc) is 3.46. The number of nitrogens with one attached hydrogen (secondary N) is 3. The lowest BCUT2D eigenvalue weighted by molar-refractivity contribution is 0.0916. The summed E-state index contributed by atoms with van der Waals surface area (Å²) < 4.78 is 1.75. The minimum Gasteiger partial charge on any atom is -0.317 e. The molecule has 3 N–H and O–H groups in total. The van der Waals surface area contributed by atoms with Crippen LogP contribution in [0.25, 0.3) is 5.69 Å². The number of anilines is 2. The lowest BCUT2D eigenvalue weighted by Crippen LogP contribution is -2.34. The van der Waals surface area contributed by atoms with Crippen molar-refractivity contribution in [3.63, 3.8) is 0 Å². The summed E-state index contributed by atoms with van der Waals surface area (Å²) in [5.41, 5.74) is 5.37. The molecule has 4 aromatic rings. The van der Waals surface area contributed by atoms with Crippen LogP contribution in [0.1, 0.15) is 85.1 Å². The molecule has 8 nitrogen and oxygen atoms in total. The molecule has 0 saturated carbocycles. The molecule has 8 heteroatoms. The first-order valence-electron chi connectivity index (χ1n) is 15.6. The van der Waals surface area contributed by atoms with Gasteiger partial charge in [0.15, 0.2) is 5.78 Å². The lowest BCUT2D eigenvalue weighted by Gasteiger charge is -2.31. The monoisotopic (exact) mass is 602 g/mol. The van der Waals surface area contributed by atoms with E-state index in [9.17, 15) is 14.9 Å². The summed E-state index contributed by atoms with van der Waals surface area (Å²) in [5, 5.41) is 23.8. The number of aryl methyl sites for hydroxylation is 1. The molecule has 0 bridgehead atoms. The summed E-state index contributed by atoms with van der Waals surface area (Å²) in [6.07, 6.45) is 1.69. The summed E-state index contributed by atoms with van der Waals surface area (Å²) in [5.74, 6) is -0.134. The highest BCUT2D eigenvalue weighted by molar-refractivity contribution is 6.04. The molecule has 2 amide bonds. The number of ketones is 1. The van der Waals surface area contributed by atoms with Crippen molar-refractivity contribution in [2.24, 2.45) is 5.92 Å². The van der Waals surface area contributed by atoms with Gasteiger partial charge in [-0.25, -0.2) is 9.48 Å². The van der Waals surface area contributed by atoms with Gasteiger partial charge in [0, 0.05) is 22.7 Å². The molecular weight excluding hydrogens is 560 g/mol. The first kappa shape index (κ1) is 31.7. The SMILES string of the molecule is Cc1ccc(-n2nc(C(C)(C)C)cc2NC(=O)Nc2ccccc2C(C(=O)c2cccc(C(C)C#N)c2)C2CCNCC2)cc1. The van der Waals surface area contributed by atoms with Crippen LogP contribution in [0.5, 0.6) is 0 Å². The zero-order valence-electron chi connectivity index (χ0n) is 26.7. The second-order valence-electron chi connectivity index (χ2n) is 13.0. The van der Waals surface area contributed by atoms with E-state index in [0.717, 1.165) is 54.0 Å². The highest BCUT2D eigenvalue weighted by Crippen LogP contribution is 2.38. The number of nitriles is 1. The number of piperidine rings is 1. The number of para-hydroxylation sites is 1. The Morgan fingerprint density at radius 2 is 1.69 bits per heavy atom. The lowest BCUT2D eigenvalue weighted by atomic mass is 9.75. The third-order valence-corrected chi connectivity index (χ3v) is 8.54. The van der Waals surface area contributed by atoms with Crippen molar-refractivity contribution in [3.05, 3.63) is 107 Å². The van der Waals surface area contributed by atoms with E-state index in [1.54, 1.807) is 4.68 Å². The first-order valence-corrected chi connectivity index (χ1v) is 15.6. The fourth-order valence-electron chi connectivity index (χ4n) is 5.87. The van der Waals surface area contributed by atoms with Crippen LogP contribution < -0.4 is 16.0 Å². The van der Waals surface area contributed by atoms with Gasteiger partial charge < -0.3 is 10.6 Å². The molecule has 1 aliphatic rings. The minimum atomic E-state index is -0.457. The molecule has 2 unspecified atom stereocenters. The van der Waals surface area contributed by atoms with E-state index in [0.29, 0.717) is 17.1 Å². The van der Waals surface area contributed by atoms with E-state index in [1.807, 2.05) is 92.7 Å². The number of amides is 2. The number of carbonyl (C=O) groups excluding carboxylic acids is 2. The predicted octanol–water partition coefficient (Wildman–Crippen LogP) is 7.72. The van der Waals surface area contributed by atoms with Crippen LogP contribution in [0.3, 0.4) is 0 Å². The Bertz CT molecular complexity index is 1700. The van der Waals surface area contributed by atoms with Crippen LogP contribution in [0.4, 0.5) is 16.3 Å². The van der Waals surface area contributed by atoms with E-state index in [1.165, 1.54) is 0 Å². The molecule has 1 fully saturated rings. The fraction of sp³-hybridized carbons (Fsp3) is 0.351. The van der Waals surface area contributed by atoms with Gasteiger partial charge in [-0.15, -0.1) is 0 Å². The normalized spacial score (nSPS) is 15.1. The van der Waals surface area contributed by atoms with E-state index in [-0.39, 0.29) is 23.0 Å². The molecular formula is C37H42N6O2. The maximum absolute atomic E-state index is 14.3. The van der Waals surface area contributed by atoms with Crippen LogP contribution in [0.2, 0.25) is 0 Å². The van der Waals surface area contributed by atoms with Crippen LogP contribution in [-0.4, -0.2) is 34.7 Å². The van der Waals surface area contributed by atoms with Crippen molar-refractivity contribution < 1.29 is 9.59 Å². The van der Waals surface area contributed by atoms with Gasteiger partial charge >= 0.3 is 6.03 Å². The molecule has 2 atom stereocenters. The molecule has 3 aromatic carbocycles. The Kier molecular flexibility index (Phi) is 9.50. The molecule has 0 spiro atoms. The van der Waals surface area contributed by atoms with Gasteiger partial charge in [0.2, 0.25) is 0 Å². The number of Topliss-reactive ketones (excluding diaryl/α,β-unsaturated/α-hetero) is 1. The van der Waals surface area contributed by atoms with Gasteiger partial charge in [0.1, 0.15) is 5.82 Å². The summed E-state index contributed by atoms with van der Waals surface area (Å²) in [7, 11) is 0. The summed E-state index contributed by atoms with van der Waals surface area (Å²) in [6.45, 7) is 11.8. The Morgan fingerprint density at radius 1 is 0.978 bits per heavy atom. The van der Waals surface area contributed by atoms with Gasteiger partial charge in [-0.3, -0.25) is 10.1 Å².